The minimum Gasteiger partial charge on any atom is -0.482 e. The molecule has 0 radical (unpaired) electrons. The first-order chi connectivity index (χ1) is 12.6. The summed E-state index contributed by atoms with van der Waals surface area (Å²) in [6, 6.07) is 13.0. The van der Waals surface area contributed by atoms with Gasteiger partial charge in [-0.2, -0.15) is 0 Å². The summed E-state index contributed by atoms with van der Waals surface area (Å²) in [7, 11) is 0. The lowest BCUT2D eigenvalue weighted by Gasteiger charge is -2.33. The zero-order valence-electron chi connectivity index (χ0n) is 13.9. The van der Waals surface area contributed by atoms with Crippen molar-refractivity contribution < 1.29 is 19.1 Å². The van der Waals surface area contributed by atoms with Crippen molar-refractivity contribution in [3.8, 4) is 5.75 Å². The van der Waals surface area contributed by atoms with Gasteiger partial charge in [0, 0.05) is 16.6 Å². The molecule has 2 heterocycles. The summed E-state index contributed by atoms with van der Waals surface area (Å²) in [4.78, 5) is 26.0. The molecule has 2 aromatic rings. The van der Waals surface area contributed by atoms with E-state index in [1.807, 2.05) is 24.3 Å². The molecule has 6 nitrogen and oxygen atoms in total. The van der Waals surface area contributed by atoms with Gasteiger partial charge in [0.2, 0.25) is 0 Å². The second kappa shape index (κ2) is 7.09. The topological polar surface area (TPSA) is 67.9 Å². The number of halogens is 1. The number of fused-ring (bicyclic) bond motifs is 1. The summed E-state index contributed by atoms with van der Waals surface area (Å²) in [5.74, 6) is 0.258. The largest absolute Gasteiger partial charge is 0.482 e. The van der Waals surface area contributed by atoms with E-state index in [1.165, 1.54) is 0 Å². The number of rotatable bonds is 2. The summed E-state index contributed by atoms with van der Waals surface area (Å²) < 4.78 is 12.3. The zero-order valence-corrected chi connectivity index (χ0v) is 15.5. The fraction of sp³-hybridized carbons (Fsp3) is 0.263. The van der Waals surface area contributed by atoms with Crippen LogP contribution in [0.4, 0.5) is 5.69 Å². The number of carbonyl (C=O) groups is 2. The molecule has 2 aliphatic rings. The Morgan fingerprint density at radius 1 is 1.19 bits per heavy atom. The molecular formula is C19H17BrN2O4. The van der Waals surface area contributed by atoms with Crippen LogP contribution < -0.4 is 10.1 Å². The SMILES string of the molecule is O=C1COc2cc(C(=O)N3CCOC(c4ccc(Br)cc4)C3)ccc2N1. The van der Waals surface area contributed by atoms with E-state index in [9.17, 15) is 9.59 Å². The van der Waals surface area contributed by atoms with E-state index in [0.29, 0.717) is 36.7 Å². The first-order valence-corrected chi connectivity index (χ1v) is 9.12. The third-order valence-electron chi connectivity index (χ3n) is 4.46. The lowest BCUT2D eigenvalue weighted by molar-refractivity contribution is -0.118. The molecule has 2 aliphatic heterocycles. The van der Waals surface area contributed by atoms with E-state index in [1.54, 1.807) is 23.1 Å². The molecule has 1 N–H and O–H groups in total. The average Bonchev–Trinajstić information content (AvgIpc) is 2.67. The number of nitrogens with zero attached hydrogens (tertiary/aromatic N) is 1. The molecule has 134 valence electrons. The van der Waals surface area contributed by atoms with Gasteiger partial charge >= 0.3 is 0 Å². The van der Waals surface area contributed by atoms with E-state index >= 15 is 0 Å². The highest BCUT2D eigenvalue weighted by molar-refractivity contribution is 9.10. The Bertz CT molecular complexity index is 853. The maximum Gasteiger partial charge on any atom is 0.262 e. The van der Waals surface area contributed by atoms with Gasteiger partial charge in [0.25, 0.3) is 11.8 Å². The summed E-state index contributed by atoms with van der Waals surface area (Å²) in [6.45, 7) is 1.49. The van der Waals surface area contributed by atoms with Crippen LogP contribution in [0.3, 0.4) is 0 Å². The van der Waals surface area contributed by atoms with Crippen LogP contribution in [0.2, 0.25) is 0 Å². The van der Waals surface area contributed by atoms with Crippen molar-refractivity contribution in [2.24, 2.45) is 0 Å². The summed E-state index contributed by atoms with van der Waals surface area (Å²) >= 11 is 3.43. The Balaban J connectivity index is 1.51. The molecule has 4 rings (SSSR count). The molecule has 2 amide bonds. The maximum absolute atomic E-state index is 12.9. The van der Waals surface area contributed by atoms with E-state index in [4.69, 9.17) is 9.47 Å². The van der Waals surface area contributed by atoms with Gasteiger partial charge in [0.05, 0.1) is 18.8 Å². The predicted octanol–water partition coefficient (Wildman–Crippen LogP) is 2.99. The molecule has 0 bridgehead atoms. The van der Waals surface area contributed by atoms with E-state index in [0.717, 1.165) is 10.0 Å². The molecule has 0 spiro atoms. The van der Waals surface area contributed by atoms with E-state index < -0.39 is 0 Å². The lowest BCUT2D eigenvalue weighted by atomic mass is 10.1. The fourth-order valence-electron chi connectivity index (χ4n) is 3.10. The number of benzene rings is 2. The van der Waals surface area contributed by atoms with Crippen LogP contribution in [0, 0.1) is 0 Å². The molecule has 0 aliphatic carbocycles. The number of ether oxygens (including phenoxy) is 2. The second-order valence-electron chi connectivity index (χ2n) is 6.21. The predicted molar refractivity (Wildman–Crippen MR) is 99.3 cm³/mol. The molecular weight excluding hydrogens is 400 g/mol. The number of nitrogens with one attached hydrogen (secondary N) is 1. The normalized spacial score (nSPS) is 19.3. The Labute approximate surface area is 159 Å². The highest BCUT2D eigenvalue weighted by atomic mass is 79.9. The van der Waals surface area contributed by atoms with Crippen LogP contribution in [0.1, 0.15) is 22.0 Å². The van der Waals surface area contributed by atoms with Crippen molar-refractivity contribution in [3.05, 3.63) is 58.1 Å². The molecule has 1 fully saturated rings. The number of anilines is 1. The molecule has 7 heteroatoms. The van der Waals surface area contributed by atoms with Crippen LogP contribution in [0.5, 0.6) is 5.75 Å². The van der Waals surface area contributed by atoms with Gasteiger partial charge in [-0.25, -0.2) is 0 Å². The zero-order chi connectivity index (χ0) is 18.1. The van der Waals surface area contributed by atoms with Crippen LogP contribution in [-0.4, -0.2) is 43.0 Å². The van der Waals surface area contributed by atoms with Gasteiger partial charge < -0.3 is 19.7 Å². The highest BCUT2D eigenvalue weighted by Gasteiger charge is 2.27. The van der Waals surface area contributed by atoms with E-state index in [2.05, 4.69) is 21.2 Å². The third kappa shape index (κ3) is 3.45. The van der Waals surface area contributed by atoms with Crippen LogP contribution in [0.15, 0.2) is 46.9 Å². The van der Waals surface area contributed by atoms with Crippen LogP contribution >= 0.6 is 15.9 Å². The van der Waals surface area contributed by atoms with Gasteiger partial charge in [-0.05, 0) is 35.9 Å². The van der Waals surface area contributed by atoms with Crippen molar-refractivity contribution in [1.82, 2.24) is 4.90 Å². The first kappa shape index (κ1) is 17.1. The minimum atomic E-state index is -0.193. The number of carbonyl (C=O) groups excluding carboxylic acids is 2. The monoisotopic (exact) mass is 416 g/mol. The molecule has 0 aromatic heterocycles. The third-order valence-corrected chi connectivity index (χ3v) is 4.99. The smallest absolute Gasteiger partial charge is 0.262 e. The minimum absolute atomic E-state index is 0.0339. The van der Waals surface area contributed by atoms with Gasteiger partial charge in [-0.3, -0.25) is 9.59 Å². The Morgan fingerprint density at radius 3 is 2.81 bits per heavy atom. The maximum atomic E-state index is 12.9. The number of hydrogen-bond acceptors (Lipinski definition) is 4. The summed E-state index contributed by atoms with van der Waals surface area (Å²) in [5, 5.41) is 2.73. The quantitative estimate of drug-likeness (QED) is 0.816. The average molecular weight is 417 g/mol. The lowest BCUT2D eigenvalue weighted by Crippen LogP contribution is -2.42. The van der Waals surface area contributed by atoms with Crippen molar-refractivity contribution in [3.63, 3.8) is 0 Å². The number of morpholine rings is 1. The fourth-order valence-corrected chi connectivity index (χ4v) is 3.37. The van der Waals surface area contributed by atoms with Gasteiger partial charge in [-0.1, -0.05) is 28.1 Å². The Kier molecular flexibility index (Phi) is 4.65. The first-order valence-electron chi connectivity index (χ1n) is 8.33. The number of hydrogen-bond donors (Lipinski definition) is 1. The molecule has 1 unspecified atom stereocenters. The molecule has 1 atom stereocenters. The number of amides is 2. The van der Waals surface area contributed by atoms with Crippen LogP contribution in [-0.2, 0) is 9.53 Å². The van der Waals surface area contributed by atoms with Crippen molar-refractivity contribution in [1.29, 1.82) is 0 Å². The second-order valence-corrected chi connectivity index (χ2v) is 7.13. The highest BCUT2D eigenvalue weighted by Crippen LogP contribution is 2.30. The molecule has 2 aromatic carbocycles. The van der Waals surface area contributed by atoms with Crippen molar-refractivity contribution >= 4 is 33.4 Å². The van der Waals surface area contributed by atoms with Gasteiger partial charge in [0.15, 0.2) is 6.61 Å². The molecule has 26 heavy (non-hydrogen) atoms. The van der Waals surface area contributed by atoms with Crippen LogP contribution in [0.25, 0.3) is 0 Å². The molecule has 1 saturated heterocycles. The van der Waals surface area contributed by atoms with Crippen molar-refractivity contribution in [2.75, 3.05) is 31.6 Å². The summed E-state index contributed by atoms with van der Waals surface area (Å²) in [6.07, 6.45) is -0.144. The van der Waals surface area contributed by atoms with Gasteiger partial charge in [-0.15, -0.1) is 0 Å². The van der Waals surface area contributed by atoms with Crippen molar-refractivity contribution in [2.45, 2.75) is 6.10 Å². The van der Waals surface area contributed by atoms with Gasteiger partial charge in [0.1, 0.15) is 11.9 Å². The Morgan fingerprint density at radius 2 is 2.00 bits per heavy atom. The molecule has 0 saturated carbocycles. The van der Waals surface area contributed by atoms with E-state index in [-0.39, 0.29) is 24.5 Å². The standard InChI is InChI=1S/C19H17BrN2O4/c20-14-4-1-12(2-5-14)17-10-22(7-8-25-17)19(24)13-3-6-15-16(9-13)26-11-18(23)21-15/h1-6,9,17H,7-8,10-11H2,(H,21,23). The Hall–Kier alpha value is -2.38. The summed E-state index contributed by atoms with van der Waals surface area (Å²) in [5.41, 5.74) is 2.17.